The Morgan fingerprint density at radius 2 is 2.15 bits per heavy atom. The van der Waals surface area contributed by atoms with Gasteiger partial charge in [-0.1, -0.05) is 18.2 Å². The van der Waals surface area contributed by atoms with E-state index < -0.39 is 24.0 Å². The van der Waals surface area contributed by atoms with Crippen LogP contribution >= 0.6 is 11.8 Å². The number of alkyl halides is 3. The van der Waals surface area contributed by atoms with Crippen LogP contribution in [0.3, 0.4) is 0 Å². The number of thioether (sulfide) groups is 1. The summed E-state index contributed by atoms with van der Waals surface area (Å²) in [5, 5.41) is 16.0. The Morgan fingerprint density at radius 1 is 1.40 bits per heavy atom. The van der Waals surface area contributed by atoms with E-state index in [1.165, 1.54) is 0 Å². The smallest absolute Gasteiger partial charge is 0.391 e. The number of hydrogen-bond acceptors (Lipinski definition) is 5. The number of carboxylic acids is 1. The molecule has 0 spiro atoms. The average Bonchev–Trinajstić information content (AvgIpc) is 2.84. The zero-order chi connectivity index (χ0) is 14.8. The van der Waals surface area contributed by atoms with Crippen molar-refractivity contribution in [1.82, 2.24) is 10.2 Å². The maximum Gasteiger partial charge on any atom is 0.391 e. The second kappa shape index (κ2) is 6.02. The van der Waals surface area contributed by atoms with Gasteiger partial charge in [0, 0.05) is 5.92 Å². The molecule has 1 aliphatic carbocycles. The second-order valence-electron chi connectivity index (χ2n) is 4.69. The van der Waals surface area contributed by atoms with Crippen LogP contribution in [0.4, 0.5) is 13.2 Å². The molecule has 0 aliphatic heterocycles. The average molecular weight is 310 g/mol. The van der Waals surface area contributed by atoms with Gasteiger partial charge >= 0.3 is 12.1 Å². The lowest BCUT2D eigenvalue weighted by atomic mass is 9.81. The van der Waals surface area contributed by atoms with Gasteiger partial charge in [-0.15, -0.1) is 10.2 Å². The lowest BCUT2D eigenvalue weighted by Gasteiger charge is -2.28. The minimum atomic E-state index is -4.19. The van der Waals surface area contributed by atoms with Gasteiger partial charge in [0.2, 0.25) is 5.89 Å². The molecular weight excluding hydrogens is 297 g/mol. The lowest BCUT2D eigenvalue weighted by Crippen LogP contribution is -2.28. The van der Waals surface area contributed by atoms with E-state index in [-0.39, 0.29) is 29.7 Å². The van der Waals surface area contributed by atoms with Crippen LogP contribution in [0, 0.1) is 5.92 Å². The van der Waals surface area contributed by atoms with Gasteiger partial charge in [-0.25, -0.2) is 0 Å². The first-order valence-electron chi connectivity index (χ1n) is 6.11. The summed E-state index contributed by atoms with van der Waals surface area (Å²) >= 11 is 0.858. The van der Waals surface area contributed by atoms with Crippen LogP contribution in [-0.4, -0.2) is 33.2 Å². The molecule has 1 fully saturated rings. The maximum atomic E-state index is 12.7. The van der Waals surface area contributed by atoms with Crippen molar-refractivity contribution in [2.75, 3.05) is 5.75 Å². The van der Waals surface area contributed by atoms with E-state index in [4.69, 9.17) is 9.52 Å². The van der Waals surface area contributed by atoms with Gasteiger partial charge < -0.3 is 9.52 Å². The third-order valence-electron chi connectivity index (χ3n) is 3.23. The van der Waals surface area contributed by atoms with E-state index in [0.717, 1.165) is 11.8 Å². The highest BCUT2D eigenvalue weighted by Crippen LogP contribution is 2.43. The molecule has 1 aromatic rings. The van der Waals surface area contributed by atoms with Gasteiger partial charge in [0.15, 0.2) is 0 Å². The van der Waals surface area contributed by atoms with Gasteiger partial charge in [-0.05, 0) is 19.3 Å². The third-order valence-corrected chi connectivity index (χ3v) is 4.03. The SMILES string of the molecule is O=C(O)CSc1nnc(C2CCCC(C(F)(F)F)C2)o1. The Balaban J connectivity index is 1.99. The highest BCUT2D eigenvalue weighted by molar-refractivity contribution is 7.99. The molecule has 1 heterocycles. The predicted octanol–water partition coefficient (Wildman–Crippen LogP) is 3.08. The number of aliphatic carboxylic acids is 1. The summed E-state index contributed by atoms with van der Waals surface area (Å²) in [5.74, 6) is -2.81. The quantitative estimate of drug-likeness (QED) is 0.861. The number of aromatic nitrogens is 2. The van der Waals surface area contributed by atoms with Crippen molar-refractivity contribution in [2.24, 2.45) is 5.92 Å². The highest BCUT2D eigenvalue weighted by Gasteiger charge is 2.43. The molecule has 2 rings (SSSR count). The van der Waals surface area contributed by atoms with Crippen LogP contribution in [0.1, 0.15) is 37.5 Å². The standard InChI is InChI=1S/C11H13F3N2O3S/c12-11(13,14)7-3-1-2-6(4-7)9-15-16-10(19-9)20-5-8(17)18/h6-7H,1-5H2,(H,17,18). The number of halogens is 3. The van der Waals surface area contributed by atoms with Crippen LogP contribution in [0.25, 0.3) is 0 Å². The Bertz CT molecular complexity index is 478. The molecule has 0 saturated heterocycles. The van der Waals surface area contributed by atoms with Gasteiger partial charge in [0.25, 0.3) is 5.22 Å². The van der Waals surface area contributed by atoms with Crippen molar-refractivity contribution >= 4 is 17.7 Å². The first kappa shape index (κ1) is 15.1. The van der Waals surface area contributed by atoms with E-state index >= 15 is 0 Å². The molecule has 1 aliphatic rings. The topological polar surface area (TPSA) is 76.2 Å². The van der Waals surface area contributed by atoms with Crippen molar-refractivity contribution in [3.05, 3.63) is 5.89 Å². The molecule has 1 N–H and O–H groups in total. The summed E-state index contributed by atoms with van der Waals surface area (Å²) in [6.45, 7) is 0. The largest absolute Gasteiger partial charge is 0.481 e. The van der Waals surface area contributed by atoms with E-state index in [2.05, 4.69) is 10.2 Å². The Labute approximate surface area is 116 Å². The molecule has 1 saturated carbocycles. The van der Waals surface area contributed by atoms with Crippen LogP contribution in [0.15, 0.2) is 9.64 Å². The zero-order valence-electron chi connectivity index (χ0n) is 10.4. The van der Waals surface area contributed by atoms with Crippen molar-refractivity contribution in [2.45, 2.75) is 43.0 Å². The molecule has 112 valence electrons. The summed E-state index contributed by atoms with van der Waals surface area (Å²) in [5.41, 5.74) is 0. The van der Waals surface area contributed by atoms with Crippen molar-refractivity contribution < 1.29 is 27.5 Å². The maximum absolute atomic E-state index is 12.7. The van der Waals surface area contributed by atoms with Gasteiger partial charge in [-0.2, -0.15) is 13.2 Å². The molecule has 1 aromatic heterocycles. The number of rotatable bonds is 4. The van der Waals surface area contributed by atoms with E-state index in [9.17, 15) is 18.0 Å². The van der Waals surface area contributed by atoms with Crippen LogP contribution < -0.4 is 0 Å². The Morgan fingerprint density at radius 3 is 2.80 bits per heavy atom. The number of carboxylic acid groups (broad SMARTS) is 1. The summed E-state index contributed by atoms with van der Waals surface area (Å²) in [6, 6.07) is 0. The fraction of sp³-hybridized carbons (Fsp3) is 0.727. The number of hydrogen-bond donors (Lipinski definition) is 1. The summed E-state index contributed by atoms with van der Waals surface area (Å²) in [4.78, 5) is 10.4. The van der Waals surface area contributed by atoms with Crippen LogP contribution in [0.2, 0.25) is 0 Å². The van der Waals surface area contributed by atoms with Crippen LogP contribution in [-0.2, 0) is 4.79 Å². The Kier molecular flexibility index (Phi) is 4.56. The van der Waals surface area contributed by atoms with Crippen molar-refractivity contribution in [3.63, 3.8) is 0 Å². The first-order valence-corrected chi connectivity index (χ1v) is 7.09. The summed E-state index contributed by atoms with van der Waals surface area (Å²) in [7, 11) is 0. The molecule has 5 nitrogen and oxygen atoms in total. The lowest BCUT2D eigenvalue weighted by molar-refractivity contribution is -0.183. The molecule has 20 heavy (non-hydrogen) atoms. The molecule has 0 bridgehead atoms. The molecule has 9 heteroatoms. The minimum absolute atomic E-state index is 0.0469. The predicted molar refractivity (Wildman–Crippen MR) is 63.4 cm³/mol. The van der Waals surface area contributed by atoms with Crippen LogP contribution in [0.5, 0.6) is 0 Å². The monoisotopic (exact) mass is 310 g/mol. The van der Waals surface area contributed by atoms with Gasteiger partial charge in [0.05, 0.1) is 5.92 Å². The fourth-order valence-corrected chi connectivity index (χ4v) is 2.77. The first-order chi connectivity index (χ1) is 9.36. The number of nitrogens with zero attached hydrogens (tertiary/aromatic N) is 2. The summed E-state index contributed by atoms with van der Waals surface area (Å²) in [6.07, 6.45) is -3.06. The molecule has 2 atom stereocenters. The van der Waals surface area contributed by atoms with Crippen molar-refractivity contribution in [3.8, 4) is 0 Å². The van der Waals surface area contributed by atoms with E-state index in [0.29, 0.717) is 12.8 Å². The fourth-order valence-electron chi connectivity index (χ4n) is 2.28. The second-order valence-corrected chi connectivity index (χ2v) is 5.62. The van der Waals surface area contributed by atoms with Gasteiger partial charge in [0.1, 0.15) is 5.75 Å². The molecule has 0 amide bonds. The minimum Gasteiger partial charge on any atom is -0.481 e. The molecule has 0 radical (unpaired) electrons. The number of carbonyl (C=O) groups is 1. The Hall–Kier alpha value is -1.25. The highest BCUT2D eigenvalue weighted by atomic mass is 32.2. The molecule has 0 aromatic carbocycles. The van der Waals surface area contributed by atoms with E-state index in [1.54, 1.807) is 0 Å². The normalized spacial score (nSPS) is 23.8. The van der Waals surface area contributed by atoms with Gasteiger partial charge in [-0.3, -0.25) is 4.79 Å². The van der Waals surface area contributed by atoms with E-state index in [1.807, 2.05) is 0 Å². The molecular formula is C11H13F3N2O3S. The van der Waals surface area contributed by atoms with Crippen molar-refractivity contribution in [1.29, 1.82) is 0 Å². The third kappa shape index (κ3) is 3.87. The molecule has 2 unspecified atom stereocenters. The zero-order valence-corrected chi connectivity index (χ0v) is 11.2. The summed E-state index contributed by atoms with van der Waals surface area (Å²) < 4.78 is 43.4.